The number of rotatable bonds is 11. The molecule has 0 unspecified atom stereocenters. The quantitative estimate of drug-likeness (QED) is 0.420. The summed E-state index contributed by atoms with van der Waals surface area (Å²) in [6.45, 7) is 6.81. The highest BCUT2D eigenvalue weighted by Crippen LogP contribution is 2.18. The van der Waals surface area contributed by atoms with Gasteiger partial charge in [0.1, 0.15) is 30.5 Å². The molecule has 0 aliphatic rings. The van der Waals surface area contributed by atoms with Gasteiger partial charge in [0.25, 0.3) is 0 Å². The van der Waals surface area contributed by atoms with Crippen LogP contribution in [0.15, 0.2) is 78.9 Å². The summed E-state index contributed by atoms with van der Waals surface area (Å²) in [5, 5.41) is 3.43. The van der Waals surface area contributed by atoms with E-state index in [4.69, 9.17) is 14.2 Å². The third-order valence-corrected chi connectivity index (χ3v) is 4.22. The molecule has 29 heavy (non-hydrogen) atoms. The summed E-state index contributed by atoms with van der Waals surface area (Å²) in [7, 11) is 0. The molecule has 3 rings (SSSR count). The minimum absolute atomic E-state index is 0.512. The second-order valence-electron chi connectivity index (χ2n) is 7.24. The van der Waals surface area contributed by atoms with Crippen LogP contribution in [-0.2, 0) is 6.54 Å². The molecule has 4 nitrogen and oxygen atoms in total. The minimum atomic E-state index is 0.512. The lowest BCUT2D eigenvalue weighted by molar-refractivity contribution is 0.217. The molecule has 152 valence electrons. The van der Waals surface area contributed by atoms with Gasteiger partial charge in [-0.05, 0) is 60.0 Å². The molecule has 0 saturated heterocycles. The monoisotopic (exact) mass is 391 g/mol. The molecular weight excluding hydrogens is 362 g/mol. The maximum atomic E-state index is 5.74. The molecular formula is C25H29NO3. The van der Waals surface area contributed by atoms with Crippen molar-refractivity contribution in [1.82, 2.24) is 0 Å². The van der Waals surface area contributed by atoms with Gasteiger partial charge in [0, 0.05) is 12.2 Å². The fourth-order valence-corrected chi connectivity index (χ4v) is 2.68. The highest BCUT2D eigenvalue weighted by Gasteiger charge is 2.00. The topological polar surface area (TPSA) is 39.7 Å². The zero-order chi connectivity index (χ0) is 20.3. The highest BCUT2D eigenvalue weighted by atomic mass is 16.5. The van der Waals surface area contributed by atoms with Crippen molar-refractivity contribution in [3.8, 4) is 17.2 Å². The standard InChI is InChI=1S/C25H29NO3/c1-20(2)19-29-25-14-10-22(11-15-25)26-18-21-8-12-24(13-9-21)28-17-16-27-23-6-4-3-5-7-23/h3-15,20,26H,16-19H2,1-2H3. The molecule has 0 aromatic heterocycles. The van der Waals surface area contributed by atoms with Crippen molar-refractivity contribution < 1.29 is 14.2 Å². The lowest BCUT2D eigenvalue weighted by atomic mass is 10.2. The van der Waals surface area contributed by atoms with Crippen LogP contribution in [0.1, 0.15) is 19.4 Å². The maximum absolute atomic E-state index is 5.74. The van der Waals surface area contributed by atoms with Gasteiger partial charge < -0.3 is 19.5 Å². The molecule has 3 aromatic rings. The molecule has 0 aliphatic carbocycles. The Kier molecular flexibility index (Phi) is 7.81. The van der Waals surface area contributed by atoms with Crippen LogP contribution >= 0.6 is 0 Å². The SMILES string of the molecule is CC(C)COc1ccc(NCc2ccc(OCCOc3ccccc3)cc2)cc1. The van der Waals surface area contributed by atoms with Crippen LogP contribution in [0, 0.1) is 5.92 Å². The minimum Gasteiger partial charge on any atom is -0.493 e. The third kappa shape index (κ3) is 7.41. The van der Waals surface area contributed by atoms with E-state index in [9.17, 15) is 0 Å². The number of nitrogens with one attached hydrogen (secondary N) is 1. The first kappa shape index (κ1) is 20.6. The predicted molar refractivity (Wildman–Crippen MR) is 118 cm³/mol. The number of anilines is 1. The Morgan fingerprint density at radius 3 is 1.83 bits per heavy atom. The molecule has 0 bridgehead atoms. The van der Waals surface area contributed by atoms with Gasteiger partial charge in [-0.25, -0.2) is 0 Å². The van der Waals surface area contributed by atoms with Gasteiger partial charge >= 0.3 is 0 Å². The third-order valence-electron chi connectivity index (χ3n) is 4.22. The molecule has 0 radical (unpaired) electrons. The molecule has 0 saturated carbocycles. The Labute approximate surface area is 173 Å². The zero-order valence-corrected chi connectivity index (χ0v) is 17.1. The summed E-state index contributed by atoms with van der Waals surface area (Å²) in [5.41, 5.74) is 2.26. The Bertz CT molecular complexity index is 830. The van der Waals surface area contributed by atoms with Crippen LogP contribution in [0.25, 0.3) is 0 Å². The first-order chi connectivity index (χ1) is 14.2. The molecule has 0 heterocycles. The Balaban J connectivity index is 1.37. The van der Waals surface area contributed by atoms with Crippen molar-refractivity contribution in [3.05, 3.63) is 84.4 Å². The van der Waals surface area contributed by atoms with Gasteiger partial charge in [-0.3, -0.25) is 0 Å². The average Bonchev–Trinajstić information content (AvgIpc) is 2.76. The molecule has 4 heteroatoms. The summed E-state index contributed by atoms with van der Waals surface area (Å²) in [5.74, 6) is 3.13. The molecule has 0 fully saturated rings. The van der Waals surface area contributed by atoms with E-state index < -0.39 is 0 Å². The highest BCUT2D eigenvalue weighted by molar-refractivity contribution is 5.47. The Morgan fingerprint density at radius 2 is 1.21 bits per heavy atom. The van der Waals surface area contributed by atoms with E-state index in [0.717, 1.165) is 36.1 Å². The van der Waals surface area contributed by atoms with Crippen LogP contribution in [0.4, 0.5) is 5.69 Å². The van der Waals surface area contributed by atoms with Crippen molar-refractivity contribution in [2.24, 2.45) is 5.92 Å². The van der Waals surface area contributed by atoms with Crippen molar-refractivity contribution in [1.29, 1.82) is 0 Å². The number of hydrogen-bond donors (Lipinski definition) is 1. The molecule has 0 atom stereocenters. The fraction of sp³-hybridized carbons (Fsp3) is 0.280. The van der Waals surface area contributed by atoms with Crippen molar-refractivity contribution >= 4 is 5.69 Å². The number of para-hydroxylation sites is 1. The zero-order valence-electron chi connectivity index (χ0n) is 17.1. The van der Waals surface area contributed by atoms with E-state index in [1.807, 2.05) is 66.7 Å². The number of benzene rings is 3. The number of hydrogen-bond acceptors (Lipinski definition) is 4. The van der Waals surface area contributed by atoms with Crippen molar-refractivity contribution in [2.75, 3.05) is 25.1 Å². The van der Waals surface area contributed by atoms with Crippen LogP contribution in [-0.4, -0.2) is 19.8 Å². The Hall–Kier alpha value is -3.14. The maximum Gasteiger partial charge on any atom is 0.122 e. The molecule has 3 aromatic carbocycles. The normalized spacial score (nSPS) is 10.6. The Morgan fingerprint density at radius 1 is 0.655 bits per heavy atom. The van der Waals surface area contributed by atoms with Gasteiger partial charge in [-0.2, -0.15) is 0 Å². The van der Waals surface area contributed by atoms with Gasteiger partial charge in [-0.1, -0.05) is 44.2 Å². The summed E-state index contributed by atoms with van der Waals surface area (Å²) < 4.78 is 17.1. The molecule has 0 spiro atoms. The van der Waals surface area contributed by atoms with Gasteiger partial charge in [0.05, 0.1) is 6.61 Å². The summed E-state index contributed by atoms with van der Waals surface area (Å²) in [4.78, 5) is 0. The lowest BCUT2D eigenvalue weighted by Crippen LogP contribution is -2.09. The van der Waals surface area contributed by atoms with Crippen LogP contribution in [0.2, 0.25) is 0 Å². The van der Waals surface area contributed by atoms with Crippen LogP contribution < -0.4 is 19.5 Å². The average molecular weight is 392 g/mol. The summed E-state index contributed by atoms with van der Waals surface area (Å²) >= 11 is 0. The van der Waals surface area contributed by atoms with Crippen molar-refractivity contribution in [3.63, 3.8) is 0 Å². The smallest absolute Gasteiger partial charge is 0.122 e. The fourth-order valence-electron chi connectivity index (χ4n) is 2.68. The van der Waals surface area contributed by atoms with E-state index in [0.29, 0.717) is 19.1 Å². The van der Waals surface area contributed by atoms with Gasteiger partial charge in [-0.15, -0.1) is 0 Å². The van der Waals surface area contributed by atoms with E-state index in [2.05, 4.69) is 31.3 Å². The van der Waals surface area contributed by atoms with Gasteiger partial charge in [0.15, 0.2) is 0 Å². The van der Waals surface area contributed by atoms with Crippen LogP contribution in [0.3, 0.4) is 0 Å². The van der Waals surface area contributed by atoms with E-state index in [1.54, 1.807) is 0 Å². The summed E-state index contributed by atoms with van der Waals surface area (Å²) in [6, 6.07) is 26.0. The second-order valence-corrected chi connectivity index (χ2v) is 7.24. The van der Waals surface area contributed by atoms with E-state index in [-0.39, 0.29) is 0 Å². The van der Waals surface area contributed by atoms with Crippen LogP contribution in [0.5, 0.6) is 17.2 Å². The first-order valence-electron chi connectivity index (χ1n) is 10.1. The first-order valence-corrected chi connectivity index (χ1v) is 10.1. The van der Waals surface area contributed by atoms with Gasteiger partial charge in [0.2, 0.25) is 0 Å². The number of ether oxygens (including phenoxy) is 3. The summed E-state index contributed by atoms with van der Waals surface area (Å²) in [6.07, 6.45) is 0. The second kappa shape index (κ2) is 11.0. The lowest BCUT2D eigenvalue weighted by Gasteiger charge is -2.11. The van der Waals surface area contributed by atoms with E-state index >= 15 is 0 Å². The van der Waals surface area contributed by atoms with E-state index in [1.165, 1.54) is 5.56 Å². The van der Waals surface area contributed by atoms with Crippen molar-refractivity contribution in [2.45, 2.75) is 20.4 Å². The molecule has 0 amide bonds. The predicted octanol–water partition coefficient (Wildman–Crippen LogP) is 5.79. The molecule has 0 aliphatic heterocycles. The largest absolute Gasteiger partial charge is 0.493 e. The molecule has 1 N–H and O–H groups in total.